The first kappa shape index (κ1) is 17.7. The molecule has 0 unspecified atom stereocenters. The van der Waals surface area contributed by atoms with Crippen molar-refractivity contribution >= 4 is 22.5 Å². The van der Waals surface area contributed by atoms with Gasteiger partial charge in [-0.15, -0.1) is 0 Å². The topological polar surface area (TPSA) is 52.6 Å². The maximum absolute atomic E-state index is 12.2. The molecular weight excluding hydrogens is 328 g/mol. The van der Waals surface area contributed by atoms with Crippen LogP contribution in [0.3, 0.4) is 0 Å². The number of fused-ring (bicyclic) bond motifs is 1. The Bertz CT molecular complexity index is 959. The smallest absolute Gasteiger partial charge is 0.344 e. The number of ketones is 1. The van der Waals surface area contributed by atoms with Gasteiger partial charge in [0.1, 0.15) is 5.75 Å². The Labute approximate surface area is 152 Å². The van der Waals surface area contributed by atoms with E-state index in [0.717, 1.165) is 21.9 Å². The van der Waals surface area contributed by atoms with Crippen molar-refractivity contribution in [2.75, 3.05) is 13.2 Å². The van der Waals surface area contributed by atoms with E-state index in [0.29, 0.717) is 11.3 Å². The summed E-state index contributed by atoms with van der Waals surface area (Å²) in [5.74, 6) is -0.205. The fourth-order valence-corrected chi connectivity index (χ4v) is 2.70. The number of Topliss-reactive ketones (excluding diaryl/α,β-unsaturated/α-hetero) is 1. The Morgan fingerprint density at radius 1 is 0.846 bits per heavy atom. The summed E-state index contributed by atoms with van der Waals surface area (Å²) in [6, 6.07) is 19.1. The highest BCUT2D eigenvalue weighted by Gasteiger charge is 2.13. The summed E-state index contributed by atoms with van der Waals surface area (Å²) >= 11 is 0. The molecule has 132 valence electrons. The predicted molar refractivity (Wildman–Crippen MR) is 101 cm³/mol. The quantitative estimate of drug-likeness (QED) is 0.493. The third kappa shape index (κ3) is 4.28. The summed E-state index contributed by atoms with van der Waals surface area (Å²) in [4.78, 5) is 24.1. The van der Waals surface area contributed by atoms with Gasteiger partial charge in [-0.25, -0.2) is 4.79 Å². The van der Waals surface area contributed by atoms with Gasteiger partial charge in [-0.3, -0.25) is 4.79 Å². The molecule has 0 radical (unpaired) electrons. The number of hydrogen-bond donors (Lipinski definition) is 0. The average Bonchev–Trinajstić information content (AvgIpc) is 2.66. The monoisotopic (exact) mass is 348 g/mol. The molecule has 0 atom stereocenters. The van der Waals surface area contributed by atoms with Crippen molar-refractivity contribution in [1.29, 1.82) is 0 Å². The molecule has 3 rings (SSSR count). The van der Waals surface area contributed by atoms with Crippen LogP contribution in [0.4, 0.5) is 0 Å². The maximum atomic E-state index is 12.2. The van der Waals surface area contributed by atoms with Gasteiger partial charge in [0, 0.05) is 5.56 Å². The molecule has 0 amide bonds. The molecule has 0 aliphatic carbocycles. The summed E-state index contributed by atoms with van der Waals surface area (Å²) in [6.07, 6.45) is 0. The second-order valence-corrected chi connectivity index (χ2v) is 6.20. The molecule has 26 heavy (non-hydrogen) atoms. The van der Waals surface area contributed by atoms with Crippen LogP contribution in [-0.4, -0.2) is 25.0 Å². The Morgan fingerprint density at radius 2 is 1.62 bits per heavy atom. The molecule has 0 aliphatic rings. The molecule has 0 fully saturated rings. The number of carbonyl (C=O) groups is 2. The van der Waals surface area contributed by atoms with E-state index in [1.807, 2.05) is 62.4 Å². The van der Waals surface area contributed by atoms with Crippen LogP contribution < -0.4 is 4.74 Å². The fourth-order valence-electron chi connectivity index (χ4n) is 2.70. The molecule has 0 saturated heterocycles. The standard InChI is InChI=1S/C22H20O4/c1-15-7-8-16(2)20(11-15)21(23)13-26-22(24)14-25-19-10-9-17-5-3-4-6-18(17)12-19/h3-12H,13-14H2,1-2H3. The molecule has 0 aromatic heterocycles. The minimum atomic E-state index is -0.572. The highest BCUT2D eigenvalue weighted by molar-refractivity contribution is 5.99. The first-order valence-corrected chi connectivity index (χ1v) is 8.40. The minimum absolute atomic E-state index is 0.217. The number of rotatable bonds is 6. The summed E-state index contributed by atoms with van der Waals surface area (Å²) in [5.41, 5.74) is 2.43. The zero-order valence-corrected chi connectivity index (χ0v) is 14.8. The van der Waals surface area contributed by atoms with E-state index in [1.54, 1.807) is 12.1 Å². The lowest BCUT2D eigenvalue weighted by atomic mass is 10.0. The van der Waals surface area contributed by atoms with Gasteiger partial charge >= 0.3 is 5.97 Å². The first-order valence-electron chi connectivity index (χ1n) is 8.40. The van der Waals surface area contributed by atoms with Crippen LogP contribution in [0.25, 0.3) is 10.8 Å². The summed E-state index contributed by atoms with van der Waals surface area (Å²) in [6.45, 7) is 3.25. The number of aryl methyl sites for hydroxylation is 2. The maximum Gasteiger partial charge on any atom is 0.344 e. The zero-order chi connectivity index (χ0) is 18.5. The highest BCUT2D eigenvalue weighted by Crippen LogP contribution is 2.20. The Hall–Kier alpha value is -3.14. The molecule has 4 nitrogen and oxygen atoms in total. The van der Waals surface area contributed by atoms with Crippen molar-refractivity contribution in [3.05, 3.63) is 77.4 Å². The number of benzene rings is 3. The molecule has 0 heterocycles. The van der Waals surface area contributed by atoms with Gasteiger partial charge in [0.25, 0.3) is 0 Å². The molecule has 0 spiro atoms. The lowest BCUT2D eigenvalue weighted by Gasteiger charge is -2.09. The third-order valence-corrected chi connectivity index (χ3v) is 4.14. The van der Waals surface area contributed by atoms with Gasteiger partial charge in [0.15, 0.2) is 13.2 Å². The van der Waals surface area contributed by atoms with Crippen LogP contribution in [0.2, 0.25) is 0 Å². The van der Waals surface area contributed by atoms with E-state index >= 15 is 0 Å². The predicted octanol–water partition coefficient (Wildman–Crippen LogP) is 4.26. The van der Waals surface area contributed by atoms with Gasteiger partial charge in [0.05, 0.1) is 0 Å². The first-order chi connectivity index (χ1) is 12.5. The van der Waals surface area contributed by atoms with E-state index in [2.05, 4.69) is 0 Å². The molecule has 0 saturated carbocycles. The highest BCUT2D eigenvalue weighted by atomic mass is 16.6. The fraction of sp³-hybridized carbons (Fsp3) is 0.182. The third-order valence-electron chi connectivity index (χ3n) is 4.14. The minimum Gasteiger partial charge on any atom is -0.482 e. The lowest BCUT2D eigenvalue weighted by molar-refractivity contribution is -0.144. The van der Waals surface area contributed by atoms with Gasteiger partial charge in [-0.2, -0.15) is 0 Å². The van der Waals surface area contributed by atoms with Crippen molar-refractivity contribution in [3.63, 3.8) is 0 Å². The summed E-state index contributed by atoms with van der Waals surface area (Å²) < 4.78 is 10.5. The number of hydrogen-bond acceptors (Lipinski definition) is 4. The van der Waals surface area contributed by atoms with Crippen molar-refractivity contribution in [1.82, 2.24) is 0 Å². The number of ether oxygens (including phenoxy) is 2. The summed E-state index contributed by atoms with van der Waals surface area (Å²) in [7, 11) is 0. The van der Waals surface area contributed by atoms with E-state index < -0.39 is 5.97 Å². The number of carbonyl (C=O) groups excluding carboxylic acids is 2. The Morgan fingerprint density at radius 3 is 2.42 bits per heavy atom. The van der Waals surface area contributed by atoms with Crippen LogP contribution in [-0.2, 0) is 9.53 Å². The van der Waals surface area contributed by atoms with Gasteiger partial charge in [-0.05, 0) is 48.4 Å². The van der Waals surface area contributed by atoms with Crippen LogP contribution in [0.1, 0.15) is 21.5 Å². The van der Waals surface area contributed by atoms with Gasteiger partial charge in [0.2, 0.25) is 5.78 Å². The lowest BCUT2D eigenvalue weighted by Crippen LogP contribution is -2.20. The van der Waals surface area contributed by atoms with Gasteiger partial charge in [-0.1, -0.05) is 48.0 Å². The molecular formula is C22H20O4. The van der Waals surface area contributed by atoms with E-state index in [-0.39, 0.29) is 19.0 Å². The molecule has 0 N–H and O–H groups in total. The second kappa shape index (κ2) is 7.83. The van der Waals surface area contributed by atoms with Crippen molar-refractivity contribution in [2.24, 2.45) is 0 Å². The molecule has 0 aliphatic heterocycles. The molecule has 3 aromatic rings. The largest absolute Gasteiger partial charge is 0.482 e. The van der Waals surface area contributed by atoms with Crippen molar-refractivity contribution in [2.45, 2.75) is 13.8 Å². The Balaban J connectivity index is 1.53. The number of esters is 1. The van der Waals surface area contributed by atoms with Crippen molar-refractivity contribution in [3.8, 4) is 5.75 Å². The molecule has 3 aromatic carbocycles. The molecule has 4 heteroatoms. The summed E-state index contributed by atoms with van der Waals surface area (Å²) in [5, 5.41) is 2.13. The van der Waals surface area contributed by atoms with Crippen LogP contribution >= 0.6 is 0 Å². The normalized spacial score (nSPS) is 10.5. The van der Waals surface area contributed by atoms with Crippen LogP contribution in [0, 0.1) is 13.8 Å². The van der Waals surface area contributed by atoms with E-state index in [1.165, 1.54) is 0 Å². The van der Waals surface area contributed by atoms with Crippen molar-refractivity contribution < 1.29 is 19.1 Å². The van der Waals surface area contributed by atoms with Gasteiger partial charge < -0.3 is 9.47 Å². The van der Waals surface area contributed by atoms with Crippen LogP contribution in [0.15, 0.2) is 60.7 Å². The average molecular weight is 348 g/mol. The van der Waals surface area contributed by atoms with Crippen LogP contribution in [0.5, 0.6) is 5.75 Å². The van der Waals surface area contributed by atoms with E-state index in [4.69, 9.17) is 9.47 Å². The Kier molecular flexibility index (Phi) is 5.32. The SMILES string of the molecule is Cc1ccc(C)c(C(=O)COC(=O)COc2ccc3ccccc3c2)c1. The second-order valence-electron chi connectivity index (χ2n) is 6.20. The van der Waals surface area contributed by atoms with E-state index in [9.17, 15) is 9.59 Å². The molecule has 0 bridgehead atoms. The zero-order valence-electron chi connectivity index (χ0n) is 14.8.